The van der Waals surface area contributed by atoms with Crippen molar-refractivity contribution in [1.29, 1.82) is 0 Å². The number of carbonyl (C=O) groups is 1. The van der Waals surface area contributed by atoms with Crippen molar-refractivity contribution >= 4 is 31.7 Å². The number of aromatic nitrogens is 1. The summed E-state index contributed by atoms with van der Waals surface area (Å²) in [4.78, 5) is 14.9. The van der Waals surface area contributed by atoms with Gasteiger partial charge in [-0.2, -0.15) is 0 Å². The molecule has 1 rings (SSSR count). The third-order valence-electron chi connectivity index (χ3n) is 2.87. The second-order valence-corrected chi connectivity index (χ2v) is 7.80. The highest BCUT2D eigenvalue weighted by Crippen LogP contribution is 2.29. The Morgan fingerprint density at radius 3 is 2.60 bits per heavy atom. The fourth-order valence-corrected chi connectivity index (χ4v) is 2.87. The van der Waals surface area contributed by atoms with E-state index < -0.39 is 20.6 Å². The molecule has 1 aromatic rings. The van der Waals surface area contributed by atoms with Crippen molar-refractivity contribution in [2.24, 2.45) is 0 Å². The van der Waals surface area contributed by atoms with Crippen LogP contribution in [0.1, 0.15) is 19.5 Å². The summed E-state index contributed by atoms with van der Waals surface area (Å²) in [5.41, 5.74) is 0.321. The maximum absolute atomic E-state index is 12.3. The predicted molar refractivity (Wildman–Crippen MR) is 77.5 cm³/mol. The lowest BCUT2D eigenvalue weighted by atomic mass is 10.1. The molecular weight excluding hydrogens is 350 g/mol. The number of carbonyl (C=O) groups excluding carboxylic acids is 1. The number of rotatable bonds is 6. The van der Waals surface area contributed by atoms with Crippen LogP contribution in [0.15, 0.2) is 18.3 Å². The first kappa shape index (κ1) is 16.9. The van der Waals surface area contributed by atoms with E-state index in [9.17, 15) is 18.3 Å². The van der Waals surface area contributed by atoms with E-state index in [0.29, 0.717) is 5.69 Å². The lowest BCUT2D eigenvalue weighted by Gasteiger charge is -2.24. The Kier molecular flexibility index (Phi) is 5.52. The number of nitrogens with zero attached hydrogens (tertiary/aromatic N) is 1. The van der Waals surface area contributed by atoms with Gasteiger partial charge in [-0.3, -0.25) is 9.78 Å². The summed E-state index contributed by atoms with van der Waals surface area (Å²) in [6, 6.07) is 2.84. The van der Waals surface area contributed by atoms with Gasteiger partial charge in [-0.05, 0) is 26.0 Å². The number of esters is 1. The van der Waals surface area contributed by atoms with Crippen LogP contribution in [0.3, 0.4) is 0 Å². The first-order chi connectivity index (χ1) is 9.20. The van der Waals surface area contributed by atoms with Gasteiger partial charge < -0.3 is 9.84 Å². The van der Waals surface area contributed by atoms with Crippen molar-refractivity contribution in [2.45, 2.75) is 18.6 Å². The molecule has 8 heteroatoms. The Bertz CT molecular complexity index is 568. The second-order valence-electron chi connectivity index (χ2n) is 4.58. The molecular formula is C12H16BrNO5S. The molecule has 0 radical (unpaired) electrons. The zero-order valence-electron chi connectivity index (χ0n) is 11.2. The number of ether oxygens (including phenoxy) is 1. The minimum atomic E-state index is -3.57. The molecule has 0 unspecified atom stereocenters. The van der Waals surface area contributed by atoms with Crippen LogP contribution in [0.4, 0.5) is 0 Å². The van der Waals surface area contributed by atoms with Crippen molar-refractivity contribution in [3.05, 3.63) is 24.0 Å². The Balaban J connectivity index is 2.84. The standard InChI is InChI=1S/C12H16BrNO5S/c1-12(2,10-4-3-9(15)8-14-10)20(17,18)6-5-19-11(16)7-13/h3-4,8,15H,5-7H2,1-2H3. The molecule has 0 saturated heterocycles. The number of hydrogen-bond acceptors (Lipinski definition) is 6. The van der Waals surface area contributed by atoms with Crippen LogP contribution in [0.5, 0.6) is 5.75 Å². The van der Waals surface area contributed by atoms with Crippen LogP contribution in [-0.4, -0.2) is 42.2 Å². The summed E-state index contributed by atoms with van der Waals surface area (Å²) in [7, 11) is -3.57. The topological polar surface area (TPSA) is 93.6 Å². The van der Waals surface area contributed by atoms with E-state index in [2.05, 4.69) is 20.9 Å². The molecule has 0 aliphatic heterocycles. The van der Waals surface area contributed by atoms with Gasteiger partial charge in [0.05, 0.1) is 17.6 Å². The van der Waals surface area contributed by atoms with Gasteiger partial charge in [0, 0.05) is 0 Å². The molecule has 0 bridgehead atoms. The third-order valence-corrected chi connectivity index (χ3v) is 5.79. The smallest absolute Gasteiger partial charge is 0.316 e. The highest BCUT2D eigenvalue weighted by atomic mass is 79.9. The lowest BCUT2D eigenvalue weighted by molar-refractivity contribution is -0.139. The highest BCUT2D eigenvalue weighted by Gasteiger charge is 2.37. The van der Waals surface area contributed by atoms with E-state index in [1.807, 2.05) is 0 Å². The van der Waals surface area contributed by atoms with Crippen molar-refractivity contribution < 1.29 is 23.1 Å². The van der Waals surface area contributed by atoms with Crippen molar-refractivity contribution in [3.8, 4) is 5.75 Å². The van der Waals surface area contributed by atoms with E-state index in [1.54, 1.807) is 0 Å². The SMILES string of the molecule is CC(C)(c1ccc(O)cn1)S(=O)(=O)CCOC(=O)CBr. The molecule has 0 aliphatic rings. The minimum Gasteiger partial charge on any atom is -0.506 e. The van der Waals surface area contributed by atoms with Gasteiger partial charge in [0.2, 0.25) is 0 Å². The van der Waals surface area contributed by atoms with Crippen molar-refractivity contribution in [1.82, 2.24) is 4.98 Å². The van der Waals surface area contributed by atoms with Gasteiger partial charge in [-0.15, -0.1) is 0 Å². The van der Waals surface area contributed by atoms with Gasteiger partial charge in [-0.1, -0.05) is 15.9 Å². The first-order valence-electron chi connectivity index (χ1n) is 5.80. The average molecular weight is 366 g/mol. The number of aromatic hydroxyl groups is 1. The van der Waals surface area contributed by atoms with Gasteiger partial charge >= 0.3 is 5.97 Å². The van der Waals surface area contributed by atoms with Crippen LogP contribution < -0.4 is 0 Å². The first-order valence-corrected chi connectivity index (χ1v) is 8.57. The van der Waals surface area contributed by atoms with E-state index in [-0.39, 0.29) is 23.4 Å². The normalized spacial score (nSPS) is 12.2. The van der Waals surface area contributed by atoms with E-state index >= 15 is 0 Å². The highest BCUT2D eigenvalue weighted by molar-refractivity contribution is 9.09. The Morgan fingerprint density at radius 1 is 1.45 bits per heavy atom. The van der Waals surface area contributed by atoms with Crippen LogP contribution in [-0.2, 0) is 24.1 Å². The number of sulfone groups is 1. The van der Waals surface area contributed by atoms with Gasteiger partial charge in [0.25, 0.3) is 0 Å². The minimum absolute atomic E-state index is 0.0238. The summed E-state index contributed by atoms with van der Waals surface area (Å²) < 4.78 is 28.1. The Hall–Kier alpha value is -1.15. The summed E-state index contributed by atoms with van der Waals surface area (Å²) in [6.45, 7) is 2.84. The van der Waals surface area contributed by atoms with Gasteiger partial charge in [-0.25, -0.2) is 8.42 Å². The zero-order chi connectivity index (χ0) is 15.4. The van der Waals surface area contributed by atoms with E-state index in [4.69, 9.17) is 4.74 Å². The summed E-state index contributed by atoms with van der Waals surface area (Å²) >= 11 is 2.92. The molecule has 0 aliphatic carbocycles. The lowest BCUT2D eigenvalue weighted by Crippen LogP contribution is -2.34. The maximum atomic E-state index is 12.3. The third kappa shape index (κ3) is 3.92. The largest absolute Gasteiger partial charge is 0.506 e. The predicted octanol–water partition coefficient (Wildman–Crippen LogP) is 1.38. The molecule has 1 N–H and O–H groups in total. The van der Waals surface area contributed by atoms with Crippen LogP contribution in [0.25, 0.3) is 0 Å². The number of pyridine rings is 1. The maximum Gasteiger partial charge on any atom is 0.316 e. The molecule has 0 atom stereocenters. The monoisotopic (exact) mass is 365 g/mol. The molecule has 0 aromatic carbocycles. The number of halogens is 1. The second kappa shape index (κ2) is 6.53. The molecule has 0 saturated carbocycles. The number of hydrogen-bond donors (Lipinski definition) is 1. The average Bonchev–Trinajstić information content (AvgIpc) is 2.38. The quantitative estimate of drug-likeness (QED) is 0.604. The fraction of sp³-hybridized carbons (Fsp3) is 0.500. The molecule has 20 heavy (non-hydrogen) atoms. The Labute approximate surface area is 126 Å². The van der Waals surface area contributed by atoms with E-state index in [0.717, 1.165) is 0 Å². The summed E-state index contributed by atoms with van der Waals surface area (Å²) in [5, 5.41) is 9.20. The molecule has 0 fully saturated rings. The molecule has 1 heterocycles. The summed E-state index contributed by atoms with van der Waals surface area (Å²) in [5.74, 6) is -0.838. The number of alkyl halides is 1. The van der Waals surface area contributed by atoms with Gasteiger partial charge in [0.15, 0.2) is 9.84 Å². The molecule has 1 aromatic heterocycles. The van der Waals surface area contributed by atoms with Crippen molar-refractivity contribution in [3.63, 3.8) is 0 Å². The zero-order valence-corrected chi connectivity index (χ0v) is 13.6. The molecule has 0 spiro atoms. The van der Waals surface area contributed by atoms with Crippen molar-refractivity contribution in [2.75, 3.05) is 17.7 Å². The van der Waals surface area contributed by atoms with E-state index in [1.165, 1.54) is 32.2 Å². The molecule has 112 valence electrons. The summed E-state index contributed by atoms with van der Waals surface area (Å²) in [6.07, 6.45) is 1.19. The molecule has 0 amide bonds. The van der Waals surface area contributed by atoms with Crippen LogP contribution in [0, 0.1) is 0 Å². The molecule has 6 nitrogen and oxygen atoms in total. The van der Waals surface area contributed by atoms with Crippen LogP contribution in [0.2, 0.25) is 0 Å². The Morgan fingerprint density at radius 2 is 2.10 bits per heavy atom. The van der Waals surface area contributed by atoms with Crippen LogP contribution >= 0.6 is 15.9 Å². The fourth-order valence-electron chi connectivity index (χ4n) is 1.46. The van der Waals surface area contributed by atoms with Gasteiger partial charge in [0.1, 0.15) is 22.4 Å².